The molecule has 7 nitrogen and oxygen atoms in total. The highest BCUT2D eigenvalue weighted by molar-refractivity contribution is 7.89. The monoisotopic (exact) mass is 446 g/mol. The van der Waals surface area contributed by atoms with E-state index in [9.17, 15) is 13.2 Å². The third-order valence-corrected chi connectivity index (χ3v) is 6.53. The number of carbonyl (C=O) groups is 1. The van der Waals surface area contributed by atoms with Crippen LogP contribution in [0, 0.1) is 11.3 Å². The molecule has 0 atom stereocenters. The fourth-order valence-electron chi connectivity index (χ4n) is 2.43. The zero-order chi connectivity index (χ0) is 20.9. The number of hydrogen-bond acceptors (Lipinski definition) is 6. The highest BCUT2D eigenvalue weighted by atomic mass is 35.5. The summed E-state index contributed by atoms with van der Waals surface area (Å²) in [5.74, 6) is -0.376. The Hall–Kier alpha value is -2.77. The second kappa shape index (κ2) is 9.15. The molecular weight excluding hydrogens is 432 g/mol. The zero-order valence-electron chi connectivity index (χ0n) is 14.9. The molecule has 2 N–H and O–H groups in total. The Morgan fingerprint density at radius 2 is 2.00 bits per heavy atom. The van der Waals surface area contributed by atoms with E-state index in [-0.39, 0.29) is 28.8 Å². The standard InChI is InChI=1S/C19H15ClN4O3S2/c20-15-6-1-2-7-17(15)29(26,27)22-9-8-18(25)24-19-23-16(12-28-19)14-5-3-4-13(10-14)11-21/h1-7,10,12,22H,8-9H2,(H,23,24,25). The number of sulfonamides is 1. The van der Waals surface area contributed by atoms with E-state index >= 15 is 0 Å². The minimum absolute atomic E-state index is 0.0359. The van der Waals surface area contributed by atoms with Crippen molar-refractivity contribution in [1.82, 2.24) is 9.71 Å². The molecule has 0 aliphatic carbocycles. The van der Waals surface area contributed by atoms with Crippen LogP contribution in [-0.2, 0) is 14.8 Å². The number of halogens is 1. The first kappa shape index (κ1) is 21.0. The van der Waals surface area contributed by atoms with Gasteiger partial charge in [0.2, 0.25) is 15.9 Å². The fraction of sp³-hybridized carbons (Fsp3) is 0.105. The van der Waals surface area contributed by atoms with Gasteiger partial charge in [-0.25, -0.2) is 18.1 Å². The minimum atomic E-state index is -3.80. The van der Waals surface area contributed by atoms with Crippen LogP contribution in [0.4, 0.5) is 5.13 Å². The normalized spacial score (nSPS) is 11.0. The average Bonchev–Trinajstić information content (AvgIpc) is 3.16. The van der Waals surface area contributed by atoms with Crippen molar-refractivity contribution in [3.05, 3.63) is 64.5 Å². The molecule has 10 heteroatoms. The quantitative estimate of drug-likeness (QED) is 0.575. The summed E-state index contributed by atoms with van der Waals surface area (Å²) in [6.07, 6.45) is -0.0670. The molecule has 0 radical (unpaired) electrons. The van der Waals surface area contributed by atoms with Gasteiger partial charge in [0.15, 0.2) is 5.13 Å². The number of nitriles is 1. The number of hydrogen-bond donors (Lipinski definition) is 2. The molecule has 0 unspecified atom stereocenters. The molecular formula is C19H15ClN4O3S2. The number of amides is 1. The number of nitrogens with zero attached hydrogens (tertiary/aromatic N) is 2. The zero-order valence-corrected chi connectivity index (χ0v) is 17.3. The lowest BCUT2D eigenvalue weighted by Gasteiger charge is -2.08. The van der Waals surface area contributed by atoms with E-state index in [0.29, 0.717) is 16.4 Å². The molecule has 29 heavy (non-hydrogen) atoms. The topological polar surface area (TPSA) is 112 Å². The Labute approximate surface area is 177 Å². The number of nitrogens with one attached hydrogen (secondary N) is 2. The van der Waals surface area contributed by atoms with Gasteiger partial charge in [-0.2, -0.15) is 5.26 Å². The lowest BCUT2D eigenvalue weighted by Crippen LogP contribution is -2.28. The molecule has 3 aromatic rings. The number of benzene rings is 2. The van der Waals surface area contributed by atoms with E-state index in [1.54, 1.807) is 35.7 Å². The Kier molecular flexibility index (Phi) is 6.61. The van der Waals surface area contributed by atoms with E-state index < -0.39 is 10.0 Å². The number of thiazole rings is 1. The second-order valence-electron chi connectivity index (χ2n) is 5.86. The summed E-state index contributed by atoms with van der Waals surface area (Å²) in [6, 6.07) is 15.1. The summed E-state index contributed by atoms with van der Waals surface area (Å²) in [6.45, 7) is -0.0815. The first-order valence-corrected chi connectivity index (χ1v) is 11.1. The number of anilines is 1. The highest BCUT2D eigenvalue weighted by Gasteiger charge is 2.17. The van der Waals surface area contributed by atoms with Crippen molar-refractivity contribution in [2.75, 3.05) is 11.9 Å². The van der Waals surface area contributed by atoms with Crippen LogP contribution in [0.2, 0.25) is 5.02 Å². The van der Waals surface area contributed by atoms with Gasteiger partial charge >= 0.3 is 0 Å². The van der Waals surface area contributed by atoms with Crippen LogP contribution in [0.5, 0.6) is 0 Å². The van der Waals surface area contributed by atoms with E-state index in [1.807, 2.05) is 6.07 Å². The summed E-state index contributed by atoms with van der Waals surface area (Å²) in [5.41, 5.74) is 1.93. The van der Waals surface area contributed by atoms with Gasteiger partial charge < -0.3 is 5.32 Å². The van der Waals surface area contributed by atoms with Crippen molar-refractivity contribution < 1.29 is 13.2 Å². The minimum Gasteiger partial charge on any atom is -0.302 e. The maximum atomic E-state index is 12.2. The third kappa shape index (κ3) is 5.40. The van der Waals surface area contributed by atoms with Gasteiger partial charge in [0.1, 0.15) is 4.90 Å². The van der Waals surface area contributed by atoms with Crippen molar-refractivity contribution in [1.29, 1.82) is 5.26 Å². The van der Waals surface area contributed by atoms with E-state index in [2.05, 4.69) is 21.1 Å². The maximum absolute atomic E-state index is 12.2. The molecule has 1 aromatic heterocycles. The van der Waals surface area contributed by atoms with Crippen LogP contribution in [0.1, 0.15) is 12.0 Å². The van der Waals surface area contributed by atoms with E-state index in [0.717, 1.165) is 5.56 Å². The molecule has 1 heterocycles. The predicted molar refractivity (Wildman–Crippen MR) is 112 cm³/mol. The lowest BCUT2D eigenvalue weighted by atomic mass is 10.1. The van der Waals surface area contributed by atoms with Gasteiger partial charge in [-0.3, -0.25) is 4.79 Å². The van der Waals surface area contributed by atoms with Crippen molar-refractivity contribution in [3.63, 3.8) is 0 Å². The van der Waals surface area contributed by atoms with Gasteiger partial charge in [0.05, 0.1) is 22.3 Å². The van der Waals surface area contributed by atoms with Crippen LogP contribution in [-0.4, -0.2) is 25.9 Å². The average molecular weight is 447 g/mol. The van der Waals surface area contributed by atoms with Crippen LogP contribution < -0.4 is 10.0 Å². The Morgan fingerprint density at radius 1 is 1.21 bits per heavy atom. The maximum Gasteiger partial charge on any atom is 0.242 e. The van der Waals surface area contributed by atoms with Crippen molar-refractivity contribution >= 4 is 44.0 Å². The Bertz CT molecular complexity index is 1190. The van der Waals surface area contributed by atoms with Gasteiger partial charge in [-0.05, 0) is 24.3 Å². The molecule has 0 fully saturated rings. The summed E-state index contributed by atoms with van der Waals surface area (Å²) in [5, 5.41) is 13.9. The first-order valence-electron chi connectivity index (χ1n) is 8.39. The molecule has 2 aromatic carbocycles. The van der Waals surface area contributed by atoms with Crippen LogP contribution in [0.3, 0.4) is 0 Å². The van der Waals surface area contributed by atoms with E-state index in [1.165, 1.54) is 23.5 Å². The van der Waals surface area contributed by atoms with Gasteiger partial charge in [0.25, 0.3) is 0 Å². The number of carbonyl (C=O) groups excluding carboxylic acids is 1. The molecule has 0 spiro atoms. The summed E-state index contributed by atoms with van der Waals surface area (Å²) in [7, 11) is -3.80. The third-order valence-electron chi connectivity index (χ3n) is 3.81. The molecule has 148 valence electrons. The summed E-state index contributed by atoms with van der Waals surface area (Å²) >= 11 is 7.15. The van der Waals surface area contributed by atoms with Gasteiger partial charge in [-0.1, -0.05) is 35.9 Å². The van der Waals surface area contributed by atoms with Crippen LogP contribution >= 0.6 is 22.9 Å². The van der Waals surface area contributed by atoms with Gasteiger partial charge in [0, 0.05) is 23.9 Å². The Balaban J connectivity index is 1.56. The Morgan fingerprint density at radius 3 is 2.76 bits per heavy atom. The number of rotatable bonds is 7. The fourth-order valence-corrected chi connectivity index (χ4v) is 4.72. The van der Waals surface area contributed by atoms with Gasteiger partial charge in [-0.15, -0.1) is 11.3 Å². The number of aromatic nitrogens is 1. The molecule has 3 rings (SSSR count). The lowest BCUT2D eigenvalue weighted by molar-refractivity contribution is -0.116. The van der Waals surface area contributed by atoms with Crippen LogP contribution in [0.25, 0.3) is 11.3 Å². The van der Waals surface area contributed by atoms with Crippen molar-refractivity contribution in [2.45, 2.75) is 11.3 Å². The second-order valence-corrected chi connectivity index (χ2v) is 8.86. The molecule has 0 bridgehead atoms. The molecule has 0 saturated carbocycles. The van der Waals surface area contributed by atoms with Crippen molar-refractivity contribution in [3.8, 4) is 17.3 Å². The highest BCUT2D eigenvalue weighted by Crippen LogP contribution is 2.25. The SMILES string of the molecule is N#Cc1cccc(-c2csc(NC(=O)CCNS(=O)(=O)c3ccccc3Cl)n2)c1. The smallest absolute Gasteiger partial charge is 0.242 e. The molecule has 0 saturated heterocycles. The largest absolute Gasteiger partial charge is 0.302 e. The predicted octanol–water partition coefficient (Wildman–Crippen LogP) is 3.64. The molecule has 0 aliphatic rings. The summed E-state index contributed by atoms with van der Waals surface area (Å²) < 4.78 is 26.8. The first-order chi connectivity index (χ1) is 13.9. The summed E-state index contributed by atoms with van der Waals surface area (Å²) in [4.78, 5) is 16.4. The molecule has 0 aliphatic heterocycles. The van der Waals surface area contributed by atoms with Crippen LogP contribution in [0.15, 0.2) is 58.8 Å². The molecule has 1 amide bonds. The van der Waals surface area contributed by atoms with E-state index in [4.69, 9.17) is 16.9 Å². The van der Waals surface area contributed by atoms with Crippen molar-refractivity contribution in [2.24, 2.45) is 0 Å².